The maximum atomic E-state index is 14.0. The quantitative estimate of drug-likeness (QED) is 0.827. The minimum absolute atomic E-state index is 0.0751. The first-order valence-electron chi connectivity index (χ1n) is 10.2. The van der Waals surface area contributed by atoms with E-state index in [1.807, 2.05) is 4.90 Å². The van der Waals surface area contributed by atoms with E-state index in [2.05, 4.69) is 5.32 Å². The highest BCUT2D eigenvalue weighted by Gasteiger charge is 2.50. The van der Waals surface area contributed by atoms with Gasteiger partial charge in [-0.2, -0.15) is 4.31 Å². The predicted molar refractivity (Wildman–Crippen MR) is 104 cm³/mol. The predicted octanol–water partition coefficient (Wildman–Crippen LogP) is 1.83. The van der Waals surface area contributed by atoms with Crippen LogP contribution in [-0.2, 0) is 14.8 Å². The highest BCUT2D eigenvalue weighted by atomic mass is 32.2. The molecule has 154 valence electrons. The van der Waals surface area contributed by atoms with Crippen molar-refractivity contribution in [3.05, 3.63) is 30.1 Å². The number of sulfonamides is 1. The van der Waals surface area contributed by atoms with Crippen molar-refractivity contribution >= 4 is 15.9 Å². The Morgan fingerprint density at radius 1 is 1.07 bits per heavy atom. The smallest absolute Gasteiger partial charge is 0.245 e. The van der Waals surface area contributed by atoms with Gasteiger partial charge in [0.15, 0.2) is 0 Å². The van der Waals surface area contributed by atoms with Crippen LogP contribution in [-0.4, -0.2) is 62.8 Å². The third kappa shape index (κ3) is 3.69. The lowest BCUT2D eigenvalue weighted by molar-refractivity contribution is -0.145. The second-order valence-electron chi connectivity index (χ2n) is 8.37. The number of benzene rings is 1. The van der Waals surface area contributed by atoms with Gasteiger partial charge in [0.1, 0.15) is 10.7 Å². The van der Waals surface area contributed by atoms with Crippen LogP contribution in [0.5, 0.6) is 0 Å². The molecule has 3 aliphatic rings. The number of amides is 1. The van der Waals surface area contributed by atoms with Crippen molar-refractivity contribution in [2.75, 3.05) is 39.3 Å². The third-order valence-corrected chi connectivity index (χ3v) is 8.53. The lowest BCUT2D eigenvalue weighted by Gasteiger charge is -2.52. The molecule has 2 saturated heterocycles. The monoisotopic (exact) mass is 409 g/mol. The lowest BCUT2D eigenvalue weighted by Crippen LogP contribution is -2.53. The molecule has 1 N–H and O–H groups in total. The van der Waals surface area contributed by atoms with Crippen LogP contribution in [0.15, 0.2) is 29.2 Å². The van der Waals surface area contributed by atoms with Crippen LogP contribution < -0.4 is 5.32 Å². The SMILES string of the molecule is O=C(C1CC2(CCN(S(=O)(=O)c3ccccc3F)CC2)C1)N1CCCNCC1. The molecule has 0 atom stereocenters. The van der Waals surface area contributed by atoms with Crippen molar-refractivity contribution in [2.24, 2.45) is 11.3 Å². The van der Waals surface area contributed by atoms with E-state index in [0.29, 0.717) is 13.1 Å². The second-order valence-corrected chi connectivity index (χ2v) is 10.3. The maximum Gasteiger partial charge on any atom is 0.245 e. The summed E-state index contributed by atoms with van der Waals surface area (Å²) in [4.78, 5) is 14.5. The van der Waals surface area contributed by atoms with E-state index in [0.717, 1.165) is 58.3 Å². The van der Waals surface area contributed by atoms with Crippen LogP contribution in [0.2, 0.25) is 0 Å². The van der Waals surface area contributed by atoms with Gasteiger partial charge in [0.05, 0.1) is 0 Å². The van der Waals surface area contributed by atoms with Crippen LogP contribution in [0.25, 0.3) is 0 Å². The Balaban J connectivity index is 1.34. The normalized spacial score (nSPS) is 24.0. The van der Waals surface area contributed by atoms with Gasteiger partial charge >= 0.3 is 0 Å². The summed E-state index contributed by atoms with van der Waals surface area (Å²) >= 11 is 0. The zero-order valence-corrected chi connectivity index (χ0v) is 16.9. The van der Waals surface area contributed by atoms with Gasteiger partial charge < -0.3 is 10.2 Å². The number of piperidine rings is 1. The van der Waals surface area contributed by atoms with Crippen molar-refractivity contribution in [1.82, 2.24) is 14.5 Å². The summed E-state index contributed by atoms with van der Waals surface area (Å²) in [6.07, 6.45) is 4.18. The van der Waals surface area contributed by atoms with Gasteiger partial charge in [-0.25, -0.2) is 12.8 Å². The van der Waals surface area contributed by atoms with Crippen molar-refractivity contribution in [3.63, 3.8) is 0 Å². The van der Waals surface area contributed by atoms with E-state index in [-0.39, 0.29) is 22.1 Å². The Labute approximate surface area is 166 Å². The molecular weight excluding hydrogens is 381 g/mol. The van der Waals surface area contributed by atoms with Crippen LogP contribution in [0, 0.1) is 17.2 Å². The Morgan fingerprint density at radius 3 is 2.50 bits per heavy atom. The molecule has 2 heterocycles. The highest BCUT2D eigenvalue weighted by molar-refractivity contribution is 7.89. The van der Waals surface area contributed by atoms with E-state index in [1.165, 1.54) is 22.5 Å². The molecule has 1 aromatic carbocycles. The van der Waals surface area contributed by atoms with E-state index in [4.69, 9.17) is 0 Å². The summed E-state index contributed by atoms with van der Waals surface area (Å²) in [6.45, 7) is 4.20. The van der Waals surface area contributed by atoms with Crippen LogP contribution in [0.4, 0.5) is 4.39 Å². The van der Waals surface area contributed by atoms with Crippen molar-refractivity contribution < 1.29 is 17.6 Å². The standard InChI is InChI=1S/C20H28FN3O3S/c21-17-4-1-2-5-18(17)28(26,27)24-11-6-20(7-12-24)14-16(15-20)19(25)23-10-3-8-22-9-13-23/h1-2,4-5,16,22H,3,6-15H2. The van der Waals surface area contributed by atoms with Crippen LogP contribution in [0.3, 0.4) is 0 Å². The molecule has 0 radical (unpaired) electrons. The molecular formula is C20H28FN3O3S. The van der Waals surface area contributed by atoms with Gasteiger partial charge in [0, 0.05) is 38.6 Å². The van der Waals surface area contributed by atoms with Crippen molar-refractivity contribution in [1.29, 1.82) is 0 Å². The minimum atomic E-state index is -3.80. The Hall–Kier alpha value is -1.51. The number of halogens is 1. The molecule has 28 heavy (non-hydrogen) atoms. The summed E-state index contributed by atoms with van der Waals surface area (Å²) in [5.41, 5.74) is 0.0751. The van der Waals surface area contributed by atoms with Crippen LogP contribution in [0.1, 0.15) is 32.1 Å². The number of carbonyl (C=O) groups excluding carboxylic acids is 1. The molecule has 1 saturated carbocycles. The first kappa shape index (κ1) is 19.8. The summed E-state index contributed by atoms with van der Waals surface area (Å²) < 4.78 is 40.9. The topological polar surface area (TPSA) is 69.7 Å². The molecule has 0 bridgehead atoms. The van der Waals surface area contributed by atoms with Crippen LogP contribution >= 0.6 is 0 Å². The summed E-state index contributed by atoms with van der Waals surface area (Å²) in [6, 6.07) is 5.54. The zero-order valence-electron chi connectivity index (χ0n) is 16.1. The number of carbonyl (C=O) groups is 1. The van der Waals surface area contributed by atoms with Gasteiger partial charge in [-0.1, -0.05) is 12.1 Å². The van der Waals surface area contributed by atoms with Gasteiger partial charge in [0.2, 0.25) is 15.9 Å². The number of nitrogens with one attached hydrogen (secondary N) is 1. The Kier molecular flexibility index (Phi) is 5.46. The van der Waals surface area contributed by atoms with E-state index in [1.54, 1.807) is 6.07 Å². The molecule has 1 spiro atoms. The molecule has 3 fully saturated rings. The summed E-state index contributed by atoms with van der Waals surface area (Å²) in [5.74, 6) is -0.368. The summed E-state index contributed by atoms with van der Waals surface area (Å²) in [5, 5.41) is 3.32. The molecule has 8 heteroatoms. The number of hydrogen-bond donors (Lipinski definition) is 1. The molecule has 2 aliphatic heterocycles. The fraction of sp³-hybridized carbons (Fsp3) is 0.650. The molecule has 1 aromatic rings. The van der Waals surface area contributed by atoms with E-state index >= 15 is 0 Å². The molecule has 0 unspecified atom stereocenters. The first-order chi connectivity index (χ1) is 13.4. The number of nitrogens with zero attached hydrogens (tertiary/aromatic N) is 2. The maximum absolute atomic E-state index is 14.0. The highest BCUT2D eigenvalue weighted by Crippen LogP contribution is 2.53. The second kappa shape index (κ2) is 7.72. The number of rotatable bonds is 3. The van der Waals surface area contributed by atoms with Crippen molar-refractivity contribution in [3.8, 4) is 0 Å². The molecule has 6 nitrogen and oxygen atoms in total. The molecule has 0 aromatic heterocycles. The van der Waals surface area contributed by atoms with E-state index in [9.17, 15) is 17.6 Å². The minimum Gasteiger partial charge on any atom is -0.341 e. The average molecular weight is 410 g/mol. The van der Waals surface area contributed by atoms with Crippen molar-refractivity contribution in [2.45, 2.75) is 37.0 Å². The fourth-order valence-corrected chi connectivity index (χ4v) is 6.39. The third-order valence-electron chi connectivity index (χ3n) is 6.60. The largest absolute Gasteiger partial charge is 0.341 e. The van der Waals surface area contributed by atoms with Gasteiger partial charge in [-0.15, -0.1) is 0 Å². The molecule has 1 amide bonds. The van der Waals surface area contributed by atoms with Gasteiger partial charge in [-0.3, -0.25) is 4.79 Å². The number of hydrogen-bond acceptors (Lipinski definition) is 4. The van der Waals surface area contributed by atoms with Gasteiger partial charge in [-0.05, 0) is 56.2 Å². The first-order valence-corrected chi connectivity index (χ1v) is 11.6. The Bertz CT molecular complexity index is 821. The molecule has 1 aliphatic carbocycles. The molecule has 4 rings (SSSR count). The van der Waals surface area contributed by atoms with Gasteiger partial charge in [0.25, 0.3) is 0 Å². The summed E-state index contributed by atoms with van der Waals surface area (Å²) in [7, 11) is -3.80. The zero-order chi connectivity index (χ0) is 19.8. The Morgan fingerprint density at radius 2 is 1.79 bits per heavy atom. The average Bonchev–Trinajstić information content (AvgIpc) is 2.95. The fourth-order valence-electron chi connectivity index (χ4n) is 4.89. The lowest BCUT2D eigenvalue weighted by atomic mass is 9.57. The van der Waals surface area contributed by atoms with E-state index < -0.39 is 15.8 Å².